The van der Waals surface area contributed by atoms with Gasteiger partial charge in [0.15, 0.2) is 0 Å². The van der Waals surface area contributed by atoms with E-state index in [-0.39, 0.29) is 17.7 Å². The predicted molar refractivity (Wildman–Crippen MR) is 76.3 cm³/mol. The van der Waals surface area contributed by atoms with Crippen LogP contribution in [0.25, 0.3) is 0 Å². The van der Waals surface area contributed by atoms with E-state index in [4.69, 9.17) is 0 Å². The first-order valence-electron chi connectivity index (χ1n) is 6.70. The molecule has 102 valence electrons. The summed E-state index contributed by atoms with van der Waals surface area (Å²) in [7, 11) is 0. The Morgan fingerprint density at radius 1 is 1.37 bits per heavy atom. The molecule has 1 aromatic carbocycles. The van der Waals surface area contributed by atoms with Gasteiger partial charge < -0.3 is 5.32 Å². The van der Waals surface area contributed by atoms with Crippen LogP contribution in [0, 0.1) is 5.92 Å². The first kappa shape index (κ1) is 13.6. The number of hydrogen-bond acceptors (Lipinski definition) is 3. The summed E-state index contributed by atoms with van der Waals surface area (Å²) in [5, 5.41) is 3.27. The monoisotopic (exact) mass is 260 g/mol. The minimum Gasteiger partial charge on any atom is -0.383 e. The van der Waals surface area contributed by atoms with Gasteiger partial charge in [-0.1, -0.05) is 26.0 Å². The van der Waals surface area contributed by atoms with Crippen LogP contribution in [0.15, 0.2) is 18.2 Å². The average Bonchev–Trinajstić information content (AvgIpc) is 2.76. The number of carbonyl (C=O) groups is 2. The summed E-state index contributed by atoms with van der Waals surface area (Å²) in [4.78, 5) is 25.4. The molecule has 1 N–H and O–H groups in total. The van der Waals surface area contributed by atoms with Crippen molar-refractivity contribution in [2.45, 2.75) is 33.6 Å². The molecule has 0 radical (unpaired) electrons. The number of para-hydroxylation sites is 1. The number of nitrogens with zero attached hydrogens (tertiary/aromatic N) is 1. The topological polar surface area (TPSA) is 49.4 Å². The molecule has 0 saturated carbocycles. The molecule has 4 nitrogen and oxygen atoms in total. The number of carbonyl (C=O) groups excluding carboxylic acids is 2. The highest BCUT2D eigenvalue weighted by molar-refractivity contribution is 6.16. The lowest BCUT2D eigenvalue weighted by atomic mass is 10.1. The normalized spacial score (nSPS) is 13.1. The molecule has 0 aliphatic carbocycles. The molecule has 2 amide bonds. The maximum atomic E-state index is 12.3. The fourth-order valence-electron chi connectivity index (χ4n) is 2.43. The summed E-state index contributed by atoms with van der Waals surface area (Å²) >= 11 is 0. The summed E-state index contributed by atoms with van der Waals surface area (Å²) in [5.41, 5.74) is 2.78. The van der Waals surface area contributed by atoms with Crippen LogP contribution in [0.2, 0.25) is 0 Å². The number of amides is 2. The molecule has 0 fully saturated rings. The second-order valence-corrected chi connectivity index (χ2v) is 5.33. The SMILES string of the molecule is CC(=O)N(C(=O)CC(C)C)c1cccc2c1NCC2. The van der Waals surface area contributed by atoms with Crippen molar-refractivity contribution in [2.24, 2.45) is 5.92 Å². The lowest BCUT2D eigenvalue weighted by Crippen LogP contribution is -2.36. The van der Waals surface area contributed by atoms with E-state index in [0.717, 1.165) is 18.7 Å². The van der Waals surface area contributed by atoms with Crippen molar-refractivity contribution in [3.05, 3.63) is 23.8 Å². The van der Waals surface area contributed by atoms with Crippen LogP contribution in [0.3, 0.4) is 0 Å². The third-order valence-corrected chi connectivity index (χ3v) is 3.21. The quantitative estimate of drug-likeness (QED) is 0.908. The highest BCUT2D eigenvalue weighted by atomic mass is 16.2. The molecule has 0 unspecified atom stereocenters. The van der Waals surface area contributed by atoms with Crippen molar-refractivity contribution in [1.82, 2.24) is 0 Å². The number of fused-ring (bicyclic) bond motifs is 1. The lowest BCUT2D eigenvalue weighted by molar-refractivity contribution is -0.125. The van der Waals surface area contributed by atoms with E-state index in [1.807, 2.05) is 32.0 Å². The van der Waals surface area contributed by atoms with Gasteiger partial charge in [0.05, 0.1) is 11.4 Å². The van der Waals surface area contributed by atoms with E-state index < -0.39 is 0 Å². The third kappa shape index (κ3) is 2.78. The number of nitrogens with one attached hydrogen (secondary N) is 1. The average molecular weight is 260 g/mol. The second kappa shape index (κ2) is 5.43. The Kier molecular flexibility index (Phi) is 3.88. The van der Waals surface area contributed by atoms with Gasteiger partial charge in [0.2, 0.25) is 11.8 Å². The Morgan fingerprint density at radius 2 is 2.11 bits per heavy atom. The van der Waals surface area contributed by atoms with Crippen molar-refractivity contribution >= 4 is 23.2 Å². The summed E-state index contributed by atoms with van der Waals surface area (Å²) in [6.07, 6.45) is 1.32. The molecular formula is C15H20N2O2. The Hall–Kier alpha value is -1.84. The van der Waals surface area contributed by atoms with Crippen LogP contribution in [0.1, 0.15) is 32.8 Å². The lowest BCUT2D eigenvalue weighted by Gasteiger charge is -2.22. The summed E-state index contributed by atoms with van der Waals surface area (Å²) < 4.78 is 0. The van der Waals surface area contributed by atoms with E-state index in [1.54, 1.807) is 0 Å². The van der Waals surface area contributed by atoms with Gasteiger partial charge in [-0.3, -0.25) is 9.59 Å². The number of benzene rings is 1. The maximum Gasteiger partial charge on any atom is 0.234 e. The molecule has 2 rings (SSSR count). The zero-order valence-corrected chi connectivity index (χ0v) is 11.7. The van der Waals surface area contributed by atoms with Gasteiger partial charge in [-0.05, 0) is 24.0 Å². The highest BCUT2D eigenvalue weighted by Gasteiger charge is 2.25. The number of imide groups is 1. The number of anilines is 2. The third-order valence-electron chi connectivity index (χ3n) is 3.21. The minimum atomic E-state index is -0.229. The van der Waals surface area contributed by atoms with Gasteiger partial charge in [-0.2, -0.15) is 0 Å². The van der Waals surface area contributed by atoms with Gasteiger partial charge in [0, 0.05) is 19.9 Å². The van der Waals surface area contributed by atoms with Gasteiger partial charge in [-0.15, -0.1) is 0 Å². The molecule has 0 bridgehead atoms. The Labute approximate surface area is 113 Å². The Balaban J connectivity index is 2.38. The first-order valence-corrected chi connectivity index (χ1v) is 6.70. The van der Waals surface area contributed by atoms with Gasteiger partial charge in [0.25, 0.3) is 0 Å². The highest BCUT2D eigenvalue weighted by Crippen LogP contribution is 2.34. The molecule has 0 atom stereocenters. The second-order valence-electron chi connectivity index (χ2n) is 5.33. The molecular weight excluding hydrogens is 240 g/mol. The van der Waals surface area contributed by atoms with Crippen LogP contribution < -0.4 is 10.2 Å². The van der Waals surface area contributed by atoms with E-state index in [0.29, 0.717) is 12.1 Å². The smallest absolute Gasteiger partial charge is 0.234 e. The van der Waals surface area contributed by atoms with Crippen LogP contribution in [-0.4, -0.2) is 18.4 Å². The van der Waals surface area contributed by atoms with Crippen molar-refractivity contribution in [2.75, 3.05) is 16.8 Å². The molecule has 1 aliphatic rings. The zero-order valence-electron chi connectivity index (χ0n) is 11.7. The number of hydrogen-bond donors (Lipinski definition) is 1. The van der Waals surface area contributed by atoms with Crippen molar-refractivity contribution in [3.63, 3.8) is 0 Å². The first-order chi connectivity index (χ1) is 9.00. The van der Waals surface area contributed by atoms with E-state index >= 15 is 0 Å². The van der Waals surface area contributed by atoms with E-state index in [2.05, 4.69) is 5.32 Å². The summed E-state index contributed by atoms with van der Waals surface area (Å²) in [6, 6.07) is 5.76. The van der Waals surface area contributed by atoms with Crippen LogP contribution in [0.5, 0.6) is 0 Å². The van der Waals surface area contributed by atoms with Crippen molar-refractivity contribution < 1.29 is 9.59 Å². The van der Waals surface area contributed by atoms with Crippen LogP contribution >= 0.6 is 0 Å². The summed E-state index contributed by atoms with van der Waals surface area (Å²) in [6.45, 7) is 6.25. The molecule has 1 aromatic rings. The van der Waals surface area contributed by atoms with Gasteiger partial charge in [-0.25, -0.2) is 4.90 Å². The van der Waals surface area contributed by atoms with Crippen molar-refractivity contribution in [1.29, 1.82) is 0 Å². The molecule has 0 aromatic heterocycles. The Bertz CT molecular complexity index is 509. The Morgan fingerprint density at radius 3 is 2.74 bits per heavy atom. The standard InChI is InChI=1S/C15H20N2O2/c1-10(2)9-14(19)17(11(3)18)13-6-4-5-12-7-8-16-15(12)13/h4-6,10,16H,7-9H2,1-3H3. The molecule has 4 heteroatoms. The maximum absolute atomic E-state index is 12.3. The predicted octanol–water partition coefficient (Wildman–Crippen LogP) is 2.58. The van der Waals surface area contributed by atoms with Gasteiger partial charge in [0.1, 0.15) is 0 Å². The van der Waals surface area contributed by atoms with E-state index in [1.165, 1.54) is 17.4 Å². The molecule has 0 spiro atoms. The molecule has 0 saturated heterocycles. The largest absolute Gasteiger partial charge is 0.383 e. The molecule has 1 heterocycles. The molecule has 19 heavy (non-hydrogen) atoms. The molecule has 1 aliphatic heterocycles. The van der Waals surface area contributed by atoms with Crippen LogP contribution in [-0.2, 0) is 16.0 Å². The van der Waals surface area contributed by atoms with Crippen LogP contribution in [0.4, 0.5) is 11.4 Å². The van der Waals surface area contributed by atoms with Crippen molar-refractivity contribution in [3.8, 4) is 0 Å². The number of rotatable bonds is 3. The fraction of sp³-hybridized carbons (Fsp3) is 0.467. The minimum absolute atomic E-state index is 0.135. The summed E-state index contributed by atoms with van der Waals surface area (Å²) in [5.74, 6) is -0.128. The zero-order chi connectivity index (χ0) is 14.0. The fourth-order valence-corrected chi connectivity index (χ4v) is 2.43. The van der Waals surface area contributed by atoms with E-state index in [9.17, 15) is 9.59 Å². The van der Waals surface area contributed by atoms with Gasteiger partial charge >= 0.3 is 0 Å².